The molecule has 2 nitrogen and oxygen atoms in total. The van der Waals surface area contributed by atoms with Crippen molar-refractivity contribution in [2.24, 2.45) is 0 Å². The molecule has 0 saturated carbocycles. The number of benzene rings is 1. The first-order chi connectivity index (χ1) is 11.1. The minimum absolute atomic E-state index is 0.0119. The molecule has 0 saturated heterocycles. The van der Waals surface area contributed by atoms with Crippen LogP contribution in [0.3, 0.4) is 0 Å². The van der Waals surface area contributed by atoms with E-state index in [1.807, 2.05) is 0 Å². The Labute approximate surface area is 138 Å². The lowest BCUT2D eigenvalue weighted by Crippen LogP contribution is -2.22. The summed E-state index contributed by atoms with van der Waals surface area (Å²) in [5.74, 6) is 0. The molecule has 0 fully saturated rings. The van der Waals surface area contributed by atoms with Gasteiger partial charge in [0.25, 0.3) is 0 Å². The summed E-state index contributed by atoms with van der Waals surface area (Å²) in [6.45, 7) is 4.56. The number of hydrogen-bond acceptors (Lipinski definition) is 2. The molecule has 0 bridgehead atoms. The van der Waals surface area contributed by atoms with Gasteiger partial charge in [-0.05, 0) is 56.5 Å². The molecule has 24 heavy (non-hydrogen) atoms. The van der Waals surface area contributed by atoms with Gasteiger partial charge in [0, 0.05) is 13.2 Å². The summed E-state index contributed by atoms with van der Waals surface area (Å²) in [6, 6.07) is 2.21. The van der Waals surface area contributed by atoms with Crippen LogP contribution in [0.2, 0.25) is 6.04 Å². The highest BCUT2D eigenvalue weighted by atomic mass is 28.3. The molecule has 0 amide bonds. The predicted molar refractivity (Wildman–Crippen MR) is 80.0 cm³/mol. The fraction of sp³-hybridized carbons (Fsp3) is 0.600. The second kappa shape index (κ2) is 8.86. The standard InChI is InChI=1S/C15H20F6O2Si/c1-3-22-24(23-4-2)7-5-6-11-8-12(14(16,17)18)10-13(9-11)15(19,20)21/h8-10,24H,3-7H2,1-2H3. The smallest absolute Gasteiger partial charge is 0.397 e. The molecule has 0 unspecified atom stereocenters. The van der Waals surface area contributed by atoms with Crippen LogP contribution in [0.15, 0.2) is 18.2 Å². The van der Waals surface area contributed by atoms with E-state index in [0.717, 1.165) is 12.1 Å². The number of alkyl halides is 6. The van der Waals surface area contributed by atoms with Gasteiger partial charge in [0.05, 0.1) is 11.1 Å². The predicted octanol–water partition coefficient (Wildman–Crippen LogP) is 4.95. The highest BCUT2D eigenvalue weighted by Gasteiger charge is 2.36. The van der Waals surface area contributed by atoms with Crippen molar-refractivity contribution < 1.29 is 35.2 Å². The lowest BCUT2D eigenvalue weighted by molar-refractivity contribution is -0.143. The molecule has 0 N–H and O–H groups in total. The molecule has 1 rings (SSSR count). The topological polar surface area (TPSA) is 18.5 Å². The lowest BCUT2D eigenvalue weighted by atomic mass is 10.0. The van der Waals surface area contributed by atoms with Gasteiger partial charge in [-0.2, -0.15) is 26.3 Å². The maximum absolute atomic E-state index is 12.8. The van der Waals surface area contributed by atoms with Crippen molar-refractivity contribution >= 4 is 9.28 Å². The Morgan fingerprint density at radius 2 is 1.29 bits per heavy atom. The minimum atomic E-state index is -4.82. The summed E-state index contributed by atoms with van der Waals surface area (Å²) >= 11 is 0. The Morgan fingerprint density at radius 1 is 0.833 bits per heavy atom. The van der Waals surface area contributed by atoms with E-state index >= 15 is 0 Å². The molecule has 9 heteroatoms. The van der Waals surface area contributed by atoms with Crippen LogP contribution in [-0.2, 0) is 27.6 Å². The van der Waals surface area contributed by atoms with Gasteiger partial charge in [0.2, 0.25) is 0 Å². The summed E-state index contributed by atoms with van der Waals surface area (Å²) in [4.78, 5) is 0. The molecule has 0 aliphatic heterocycles. The normalized spacial score (nSPS) is 12.9. The Balaban J connectivity index is 2.87. The summed E-state index contributed by atoms with van der Waals surface area (Å²) in [5, 5.41) is 0. The molecular formula is C15H20F6O2Si. The molecule has 0 radical (unpaired) electrons. The van der Waals surface area contributed by atoms with E-state index in [4.69, 9.17) is 8.85 Å². The number of halogens is 6. The second-order valence-corrected chi connectivity index (χ2v) is 7.25. The molecule has 138 valence electrons. The van der Waals surface area contributed by atoms with Crippen molar-refractivity contribution in [1.29, 1.82) is 0 Å². The van der Waals surface area contributed by atoms with Gasteiger partial charge in [-0.1, -0.05) is 0 Å². The second-order valence-electron chi connectivity index (χ2n) is 5.15. The highest BCUT2D eigenvalue weighted by molar-refractivity contribution is 6.44. The van der Waals surface area contributed by atoms with Crippen molar-refractivity contribution in [3.05, 3.63) is 34.9 Å². The van der Waals surface area contributed by atoms with Crippen LogP contribution in [0, 0.1) is 0 Å². The Kier molecular flexibility index (Phi) is 7.75. The maximum atomic E-state index is 12.8. The van der Waals surface area contributed by atoms with E-state index in [2.05, 4.69) is 0 Å². The van der Waals surface area contributed by atoms with Crippen molar-refractivity contribution in [2.45, 2.75) is 45.1 Å². The van der Waals surface area contributed by atoms with Crippen LogP contribution in [0.1, 0.15) is 37.0 Å². The average molecular weight is 374 g/mol. The van der Waals surface area contributed by atoms with Crippen molar-refractivity contribution in [3.63, 3.8) is 0 Å². The van der Waals surface area contributed by atoms with E-state index in [1.165, 1.54) is 0 Å². The summed E-state index contributed by atoms with van der Waals surface area (Å²) in [7, 11) is -1.91. The highest BCUT2D eigenvalue weighted by Crippen LogP contribution is 2.36. The van der Waals surface area contributed by atoms with Gasteiger partial charge < -0.3 is 8.85 Å². The zero-order valence-electron chi connectivity index (χ0n) is 13.4. The van der Waals surface area contributed by atoms with Gasteiger partial charge in [-0.25, -0.2) is 0 Å². The first kappa shape index (κ1) is 21.0. The fourth-order valence-corrected chi connectivity index (χ4v) is 3.93. The molecule has 1 aromatic rings. The lowest BCUT2D eigenvalue weighted by Gasteiger charge is -2.16. The first-order valence-electron chi connectivity index (χ1n) is 7.59. The third kappa shape index (κ3) is 6.82. The maximum Gasteiger partial charge on any atom is 0.416 e. The van der Waals surface area contributed by atoms with E-state index in [-0.39, 0.29) is 18.1 Å². The van der Waals surface area contributed by atoms with Crippen LogP contribution in [0.4, 0.5) is 26.3 Å². The molecule has 0 heterocycles. The van der Waals surface area contributed by atoms with Gasteiger partial charge in [-0.3, -0.25) is 0 Å². The number of aryl methyl sites for hydroxylation is 1. The van der Waals surface area contributed by atoms with E-state index in [9.17, 15) is 26.3 Å². The molecule has 1 aromatic carbocycles. The molecule has 0 atom stereocenters. The first-order valence-corrected chi connectivity index (χ1v) is 9.35. The van der Waals surface area contributed by atoms with Crippen LogP contribution in [0.5, 0.6) is 0 Å². The fourth-order valence-electron chi connectivity index (χ4n) is 2.22. The third-order valence-electron chi connectivity index (χ3n) is 3.26. The van der Waals surface area contributed by atoms with E-state index < -0.39 is 32.8 Å². The average Bonchev–Trinajstić information content (AvgIpc) is 2.45. The number of hydrogen-bond donors (Lipinski definition) is 0. The van der Waals surface area contributed by atoms with Gasteiger partial charge in [-0.15, -0.1) is 0 Å². The van der Waals surface area contributed by atoms with Gasteiger partial charge in [0.15, 0.2) is 0 Å². The molecule has 0 aliphatic rings. The molecule has 0 aromatic heterocycles. The molecular weight excluding hydrogens is 354 g/mol. The third-order valence-corrected chi connectivity index (χ3v) is 5.55. The summed E-state index contributed by atoms with van der Waals surface area (Å²) in [6.07, 6.45) is -9.11. The van der Waals surface area contributed by atoms with E-state index in [0.29, 0.717) is 25.7 Å². The monoisotopic (exact) mass is 374 g/mol. The van der Waals surface area contributed by atoms with Gasteiger partial charge >= 0.3 is 21.6 Å². The van der Waals surface area contributed by atoms with Crippen LogP contribution >= 0.6 is 0 Å². The summed E-state index contributed by atoms with van der Waals surface area (Å²) < 4.78 is 87.6. The summed E-state index contributed by atoms with van der Waals surface area (Å²) in [5.41, 5.74) is -2.55. The SMILES string of the molecule is CCO[SiH](CCCc1cc(C(F)(F)F)cc(C(F)(F)F)c1)OCC. The van der Waals surface area contributed by atoms with Crippen LogP contribution in [-0.4, -0.2) is 22.5 Å². The van der Waals surface area contributed by atoms with Crippen molar-refractivity contribution in [3.8, 4) is 0 Å². The Bertz CT molecular complexity index is 477. The largest absolute Gasteiger partial charge is 0.416 e. The zero-order chi connectivity index (χ0) is 18.4. The van der Waals surface area contributed by atoms with Crippen molar-refractivity contribution in [2.75, 3.05) is 13.2 Å². The van der Waals surface area contributed by atoms with E-state index in [1.54, 1.807) is 13.8 Å². The van der Waals surface area contributed by atoms with Crippen LogP contribution < -0.4 is 0 Å². The van der Waals surface area contributed by atoms with Gasteiger partial charge in [0.1, 0.15) is 0 Å². The quantitative estimate of drug-likeness (QED) is 0.473. The molecule has 0 spiro atoms. The number of rotatable bonds is 8. The molecule has 0 aliphatic carbocycles. The Morgan fingerprint density at radius 3 is 1.67 bits per heavy atom. The van der Waals surface area contributed by atoms with Crippen molar-refractivity contribution in [1.82, 2.24) is 0 Å². The van der Waals surface area contributed by atoms with Crippen LogP contribution in [0.25, 0.3) is 0 Å². The zero-order valence-corrected chi connectivity index (χ0v) is 14.6. The minimum Gasteiger partial charge on any atom is -0.397 e. The Hall–Kier alpha value is -1.06.